The average Bonchev–Trinajstić information content (AvgIpc) is 2.89. The van der Waals surface area contributed by atoms with E-state index < -0.39 is 6.04 Å². The van der Waals surface area contributed by atoms with Gasteiger partial charge < -0.3 is 21.7 Å². The van der Waals surface area contributed by atoms with E-state index in [4.69, 9.17) is 17.3 Å². The molecule has 0 fully saturated rings. The van der Waals surface area contributed by atoms with E-state index in [0.717, 1.165) is 16.7 Å². The van der Waals surface area contributed by atoms with Crippen LogP contribution in [-0.4, -0.2) is 44.0 Å². The number of nitrogens with one attached hydrogen (secondary N) is 3. The van der Waals surface area contributed by atoms with Crippen LogP contribution in [-0.2, 0) is 9.59 Å². The van der Waals surface area contributed by atoms with E-state index in [1.807, 2.05) is 48.5 Å². The third-order valence-electron chi connectivity index (χ3n) is 5.55. The zero-order valence-electron chi connectivity index (χ0n) is 19.5. The monoisotopic (exact) mass is 490 g/mol. The maximum Gasteiger partial charge on any atom is 0.244 e. The van der Waals surface area contributed by atoms with Gasteiger partial charge in [0.1, 0.15) is 0 Å². The molecule has 2 amide bonds. The van der Waals surface area contributed by atoms with E-state index in [-0.39, 0.29) is 24.3 Å². The topological polar surface area (TPSA) is 96.2 Å². The Bertz CT molecular complexity index is 1050. The first kappa shape index (κ1) is 26.2. The van der Waals surface area contributed by atoms with E-state index in [9.17, 15) is 9.59 Å². The van der Waals surface area contributed by atoms with Crippen LogP contribution >= 0.6 is 11.6 Å². The predicted octanol–water partition coefficient (Wildman–Crippen LogP) is 3.33. The van der Waals surface area contributed by atoms with Crippen molar-refractivity contribution in [1.82, 2.24) is 16.0 Å². The van der Waals surface area contributed by atoms with Gasteiger partial charge in [0.05, 0.1) is 6.04 Å². The van der Waals surface area contributed by atoms with Crippen molar-refractivity contribution in [1.29, 1.82) is 0 Å². The molecule has 35 heavy (non-hydrogen) atoms. The first-order valence-corrected chi connectivity index (χ1v) is 12.0. The second kappa shape index (κ2) is 14.1. The maximum absolute atomic E-state index is 12.8. The van der Waals surface area contributed by atoms with Crippen LogP contribution in [0.4, 0.5) is 0 Å². The van der Waals surface area contributed by atoms with Gasteiger partial charge >= 0.3 is 0 Å². The second-order valence-electron chi connectivity index (χ2n) is 8.04. The maximum atomic E-state index is 12.8. The molecule has 0 saturated carbocycles. The zero-order chi connectivity index (χ0) is 24.9. The third kappa shape index (κ3) is 8.68. The molecule has 0 aliphatic rings. The number of hydrogen-bond acceptors (Lipinski definition) is 4. The van der Waals surface area contributed by atoms with Crippen LogP contribution in [0.3, 0.4) is 0 Å². The predicted molar refractivity (Wildman–Crippen MR) is 142 cm³/mol. The van der Waals surface area contributed by atoms with Crippen molar-refractivity contribution in [3.8, 4) is 0 Å². The van der Waals surface area contributed by atoms with Gasteiger partial charge in [0.2, 0.25) is 11.8 Å². The fourth-order valence-electron chi connectivity index (χ4n) is 3.64. The van der Waals surface area contributed by atoms with Crippen molar-refractivity contribution in [3.63, 3.8) is 0 Å². The minimum absolute atomic E-state index is 0.0338. The Hall–Kier alpha value is -3.45. The highest BCUT2D eigenvalue weighted by Crippen LogP contribution is 2.23. The third-order valence-corrected chi connectivity index (χ3v) is 5.80. The zero-order valence-corrected chi connectivity index (χ0v) is 20.2. The fraction of sp³-hybridized carbons (Fsp3) is 0.214. The Kier molecular flexibility index (Phi) is 10.5. The van der Waals surface area contributed by atoms with Crippen LogP contribution in [0.5, 0.6) is 0 Å². The second-order valence-corrected chi connectivity index (χ2v) is 8.47. The quantitative estimate of drug-likeness (QED) is 0.231. The van der Waals surface area contributed by atoms with Crippen LogP contribution in [0.2, 0.25) is 5.02 Å². The first-order valence-electron chi connectivity index (χ1n) is 11.6. The molecular formula is C28H31ClN4O2. The number of carbonyl (C=O) groups excluding carboxylic acids is 2. The van der Waals surface area contributed by atoms with Gasteiger partial charge in [-0.25, -0.2) is 0 Å². The Morgan fingerprint density at radius 3 is 2.00 bits per heavy atom. The molecule has 0 unspecified atom stereocenters. The van der Waals surface area contributed by atoms with Crippen molar-refractivity contribution < 1.29 is 9.59 Å². The molecule has 0 spiro atoms. The van der Waals surface area contributed by atoms with Crippen LogP contribution in [0.1, 0.15) is 22.6 Å². The summed E-state index contributed by atoms with van der Waals surface area (Å²) in [6.45, 7) is 1.38. The lowest BCUT2D eigenvalue weighted by Crippen LogP contribution is -2.51. The summed E-state index contributed by atoms with van der Waals surface area (Å²) in [5.41, 5.74) is 8.98. The molecule has 0 aliphatic heterocycles. The van der Waals surface area contributed by atoms with Crippen LogP contribution in [0.25, 0.3) is 6.08 Å². The lowest BCUT2D eigenvalue weighted by atomic mass is 9.91. The molecule has 5 N–H and O–H groups in total. The number of benzene rings is 3. The first-order chi connectivity index (χ1) is 17.1. The molecule has 3 aromatic rings. The highest BCUT2D eigenvalue weighted by Gasteiger charge is 2.19. The lowest BCUT2D eigenvalue weighted by Gasteiger charge is -2.21. The van der Waals surface area contributed by atoms with E-state index in [0.29, 0.717) is 24.7 Å². The van der Waals surface area contributed by atoms with Crippen molar-refractivity contribution >= 4 is 29.5 Å². The summed E-state index contributed by atoms with van der Waals surface area (Å²) in [4.78, 5) is 24.8. The van der Waals surface area contributed by atoms with Crippen LogP contribution < -0.4 is 21.7 Å². The molecule has 0 bridgehead atoms. The molecule has 7 heteroatoms. The molecule has 0 aromatic heterocycles. The van der Waals surface area contributed by atoms with Gasteiger partial charge in [-0.1, -0.05) is 84.4 Å². The molecule has 0 radical (unpaired) electrons. The Morgan fingerprint density at radius 2 is 1.43 bits per heavy atom. The molecule has 3 aromatic carbocycles. The van der Waals surface area contributed by atoms with Crippen molar-refractivity contribution in [2.45, 2.75) is 12.0 Å². The summed E-state index contributed by atoms with van der Waals surface area (Å²) >= 11 is 5.86. The largest absolute Gasteiger partial charge is 0.354 e. The van der Waals surface area contributed by atoms with Crippen LogP contribution in [0, 0.1) is 0 Å². The summed E-state index contributed by atoms with van der Waals surface area (Å²) < 4.78 is 0. The standard InChI is InChI=1S/C28H31ClN4O2/c29-24-14-11-21(12-15-24)13-16-27(34)32-18-17-31-26(19-30)28(35)33-20-25(22-7-3-1-4-8-22)23-9-5-2-6-10-23/h1-16,25-26,31H,17-20,30H2,(H,32,34)(H,33,35)/b16-13+/t26-/m0/s1. The number of nitrogens with two attached hydrogens (primary N) is 1. The molecule has 1 atom stereocenters. The van der Waals surface area contributed by atoms with Gasteiger partial charge in [0, 0.05) is 43.2 Å². The van der Waals surface area contributed by atoms with Crippen molar-refractivity contribution in [3.05, 3.63) is 113 Å². The Balaban J connectivity index is 1.45. The smallest absolute Gasteiger partial charge is 0.244 e. The summed E-state index contributed by atoms with van der Waals surface area (Å²) in [6.07, 6.45) is 3.18. The minimum Gasteiger partial charge on any atom is -0.354 e. The van der Waals surface area contributed by atoms with Gasteiger partial charge in [0.15, 0.2) is 0 Å². The highest BCUT2D eigenvalue weighted by atomic mass is 35.5. The van der Waals surface area contributed by atoms with Crippen molar-refractivity contribution in [2.24, 2.45) is 5.73 Å². The number of amides is 2. The lowest BCUT2D eigenvalue weighted by molar-refractivity contribution is -0.122. The van der Waals surface area contributed by atoms with E-state index in [1.54, 1.807) is 18.2 Å². The van der Waals surface area contributed by atoms with E-state index in [1.165, 1.54) is 6.08 Å². The van der Waals surface area contributed by atoms with Gasteiger partial charge in [-0.15, -0.1) is 0 Å². The molecule has 182 valence electrons. The van der Waals surface area contributed by atoms with E-state index in [2.05, 4.69) is 40.2 Å². The molecule has 3 rings (SSSR count). The van der Waals surface area contributed by atoms with Crippen LogP contribution in [0.15, 0.2) is 91.0 Å². The summed E-state index contributed by atoms with van der Waals surface area (Å²) in [7, 11) is 0. The van der Waals surface area contributed by atoms with Gasteiger partial charge in [-0.05, 0) is 34.9 Å². The molecular weight excluding hydrogens is 460 g/mol. The SMILES string of the molecule is NC[C@H](NCCNC(=O)/C=C/c1ccc(Cl)cc1)C(=O)NCC(c1ccccc1)c1ccccc1. The minimum atomic E-state index is -0.552. The Morgan fingerprint density at radius 1 is 0.829 bits per heavy atom. The summed E-state index contributed by atoms with van der Waals surface area (Å²) in [6, 6.07) is 26.8. The molecule has 0 saturated heterocycles. The van der Waals surface area contributed by atoms with Gasteiger partial charge in [-0.3, -0.25) is 9.59 Å². The van der Waals surface area contributed by atoms with E-state index >= 15 is 0 Å². The molecule has 0 heterocycles. The number of hydrogen-bond donors (Lipinski definition) is 4. The normalized spacial score (nSPS) is 12.0. The number of halogens is 1. The fourth-order valence-corrected chi connectivity index (χ4v) is 3.77. The number of rotatable bonds is 12. The summed E-state index contributed by atoms with van der Waals surface area (Å²) in [5.74, 6) is -0.353. The molecule has 6 nitrogen and oxygen atoms in total. The van der Waals surface area contributed by atoms with Crippen molar-refractivity contribution in [2.75, 3.05) is 26.2 Å². The Labute approximate surface area is 211 Å². The number of carbonyl (C=O) groups is 2. The average molecular weight is 491 g/mol. The van der Waals surface area contributed by atoms with Gasteiger partial charge in [-0.2, -0.15) is 0 Å². The summed E-state index contributed by atoms with van der Waals surface area (Å²) in [5, 5.41) is 9.59. The van der Waals surface area contributed by atoms with Gasteiger partial charge in [0.25, 0.3) is 0 Å². The molecule has 0 aliphatic carbocycles. The highest BCUT2D eigenvalue weighted by molar-refractivity contribution is 6.30.